The highest BCUT2D eigenvalue weighted by atomic mass is 32.1. The van der Waals surface area contributed by atoms with E-state index in [1.54, 1.807) is 18.4 Å². The highest BCUT2D eigenvalue weighted by molar-refractivity contribution is 7.07. The van der Waals surface area contributed by atoms with Crippen LogP contribution in [0, 0.1) is 0 Å². The molecule has 2 heterocycles. The lowest BCUT2D eigenvalue weighted by atomic mass is 10.0. The van der Waals surface area contributed by atoms with Crippen molar-refractivity contribution in [3.8, 4) is 5.75 Å². The van der Waals surface area contributed by atoms with Crippen LogP contribution in [0.4, 0.5) is 0 Å². The van der Waals surface area contributed by atoms with Crippen molar-refractivity contribution < 1.29 is 9.53 Å². The van der Waals surface area contributed by atoms with Crippen molar-refractivity contribution in [2.75, 3.05) is 20.2 Å². The summed E-state index contributed by atoms with van der Waals surface area (Å²) in [6.07, 6.45) is 2.38. The van der Waals surface area contributed by atoms with Gasteiger partial charge in [-0.1, -0.05) is 18.2 Å². The summed E-state index contributed by atoms with van der Waals surface area (Å²) in [5, 5.41) is 5.61. The van der Waals surface area contributed by atoms with Crippen LogP contribution in [0.3, 0.4) is 0 Å². The predicted molar refractivity (Wildman–Crippen MR) is 95.3 cm³/mol. The van der Waals surface area contributed by atoms with Crippen molar-refractivity contribution in [2.45, 2.75) is 31.8 Å². The Hall–Kier alpha value is -1.92. The van der Waals surface area contributed by atoms with E-state index >= 15 is 0 Å². The lowest BCUT2D eigenvalue weighted by Gasteiger charge is -2.32. The minimum atomic E-state index is 0.178. The van der Waals surface area contributed by atoms with Crippen molar-refractivity contribution >= 4 is 17.2 Å². The van der Waals surface area contributed by atoms with E-state index in [2.05, 4.69) is 15.7 Å². The molecule has 24 heavy (non-hydrogen) atoms. The first-order valence-electron chi connectivity index (χ1n) is 8.26. The van der Waals surface area contributed by atoms with Crippen LogP contribution in [-0.2, 0) is 17.8 Å². The molecule has 5 nitrogen and oxygen atoms in total. The lowest BCUT2D eigenvalue weighted by Crippen LogP contribution is -2.45. The Kier molecular flexibility index (Phi) is 5.82. The van der Waals surface area contributed by atoms with Crippen LogP contribution in [-0.4, -0.2) is 42.0 Å². The fourth-order valence-corrected chi connectivity index (χ4v) is 3.59. The lowest BCUT2D eigenvalue weighted by molar-refractivity contribution is -0.131. The maximum absolute atomic E-state index is 12.5. The molecule has 1 aliphatic rings. The minimum Gasteiger partial charge on any atom is -0.496 e. The van der Waals surface area contributed by atoms with Gasteiger partial charge in [0.1, 0.15) is 5.75 Å². The van der Waals surface area contributed by atoms with Crippen LogP contribution in [0.15, 0.2) is 35.2 Å². The Labute approximate surface area is 146 Å². The zero-order valence-electron chi connectivity index (χ0n) is 13.9. The number of aromatic nitrogens is 1. The quantitative estimate of drug-likeness (QED) is 0.874. The van der Waals surface area contributed by atoms with Crippen molar-refractivity contribution in [1.82, 2.24) is 15.2 Å². The number of benzene rings is 1. The zero-order valence-corrected chi connectivity index (χ0v) is 14.7. The Balaban J connectivity index is 1.46. The Bertz CT molecular complexity index is 652. The number of carbonyl (C=O) groups excluding carboxylic acids is 1. The van der Waals surface area contributed by atoms with Crippen LogP contribution in [0.5, 0.6) is 5.75 Å². The first-order chi connectivity index (χ1) is 11.8. The van der Waals surface area contributed by atoms with Crippen molar-refractivity contribution in [3.63, 3.8) is 0 Å². The van der Waals surface area contributed by atoms with Crippen LogP contribution >= 0.6 is 11.3 Å². The third kappa shape index (κ3) is 4.33. The van der Waals surface area contributed by atoms with Gasteiger partial charge in [0.15, 0.2) is 0 Å². The van der Waals surface area contributed by atoms with Crippen LogP contribution in [0.25, 0.3) is 0 Å². The number of carbonyl (C=O) groups is 1. The fourth-order valence-electron chi connectivity index (χ4n) is 3.03. The fraction of sp³-hybridized carbons (Fsp3) is 0.444. The smallest absolute Gasteiger partial charge is 0.227 e. The van der Waals surface area contributed by atoms with E-state index in [9.17, 15) is 4.79 Å². The van der Waals surface area contributed by atoms with E-state index in [1.807, 2.05) is 34.7 Å². The first kappa shape index (κ1) is 16.9. The van der Waals surface area contributed by atoms with E-state index in [0.29, 0.717) is 12.5 Å². The van der Waals surface area contributed by atoms with Gasteiger partial charge in [0.2, 0.25) is 5.91 Å². The third-order valence-corrected chi connectivity index (χ3v) is 5.07. The van der Waals surface area contributed by atoms with E-state index in [4.69, 9.17) is 4.74 Å². The molecule has 1 aromatic heterocycles. The highest BCUT2D eigenvalue weighted by Crippen LogP contribution is 2.20. The summed E-state index contributed by atoms with van der Waals surface area (Å²) in [5.41, 5.74) is 3.90. The normalized spacial score (nSPS) is 15.5. The molecule has 1 fully saturated rings. The van der Waals surface area contributed by atoms with E-state index in [-0.39, 0.29) is 5.91 Å². The van der Waals surface area contributed by atoms with Gasteiger partial charge in [-0.3, -0.25) is 4.79 Å². The molecule has 1 saturated heterocycles. The second-order valence-corrected chi connectivity index (χ2v) is 6.72. The zero-order chi connectivity index (χ0) is 16.8. The summed E-state index contributed by atoms with van der Waals surface area (Å²) in [6.45, 7) is 2.43. The average Bonchev–Trinajstić information content (AvgIpc) is 3.14. The number of hydrogen-bond acceptors (Lipinski definition) is 5. The molecule has 0 aliphatic carbocycles. The summed E-state index contributed by atoms with van der Waals surface area (Å²) in [4.78, 5) is 18.8. The van der Waals surface area contributed by atoms with E-state index < -0.39 is 0 Å². The number of thiazole rings is 1. The molecule has 1 N–H and O–H groups in total. The summed E-state index contributed by atoms with van der Waals surface area (Å²) in [7, 11) is 1.64. The summed E-state index contributed by atoms with van der Waals surface area (Å²) < 4.78 is 5.33. The Morgan fingerprint density at radius 2 is 2.17 bits per heavy atom. The van der Waals surface area contributed by atoms with Gasteiger partial charge in [-0.25, -0.2) is 4.98 Å². The molecule has 6 heteroatoms. The number of likely N-dealkylation sites (tertiary alicyclic amines) is 1. The Morgan fingerprint density at radius 1 is 1.38 bits per heavy atom. The number of hydrogen-bond donors (Lipinski definition) is 1. The van der Waals surface area contributed by atoms with Gasteiger partial charge >= 0.3 is 0 Å². The van der Waals surface area contributed by atoms with Crippen molar-refractivity contribution in [2.24, 2.45) is 0 Å². The summed E-state index contributed by atoms with van der Waals surface area (Å²) in [5.74, 6) is 0.961. The second-order valence-electron chi connectivity index (χ2n) is 6.00. The standard InChI is InChI=1S/C18H23N3O2S/c1-23-17-5-3-2-4-14(17)10-18(22)21-8-6-15(7-9-21)19-11-16-12-24-13-20-16/h2-5,12-13,15,19H,6-11H2,1H3. The predicted octanol–water partition coefficient (Wildman–Crippen LogP) is 2.48. The number of ether oxygens (including phenoxy) is 1. The summed E-state index contributed by atoms with van der Waals surface area (Å²) >= 11 is 1.62. The van der Waals surface area contributed by atoms with Crippen molar-refractivity contribution in [1.29, 1.82) is 0 Å². The number of nitrogens with zero attached hydrogens (tertiary/aromatic N) is 2. The molecule has 0 atom stereocenters. The van der Waals surface area contributed by atoms with Crippen molar-refractivity contribution in [3.05, 3.63) is 46.4 Å². The van der Waals surface area contributed by atoms with E-state index in [1.165, 1.54) is 0 Å². The van der Waals surface area contributed by atoms with Gasteiger partial charge in [0.25, 0.3) is 0 Å². The minimum absolute atomic E-state index is 0.178. The molecule has 1 aliphatic heterocycles. The molecule has 1 aromatic carbocycles. The molecule has 2 aromatic rings. The topological polar surface area (TPSA) is 54.5 Å². The Morgan fingerprint density at radius 3 is 2.88 bits per heavy atom. The largest absolute Gasteiger partial charge is 0.496 e. The van der Waals surface area contributed by atoms with Gasteiger partial charge in [0.05, 0.1) is 24.7 Å². The summed E-state index contributed by atoms with van der Waals surface area (Å²) in [6, 6.07) is 8.18. The molecule has 0 saturated carbocycles. The SMILES string of the molecule is COc1ccccc1CC(=O)N1CCC(NCc2cscn2)CC1. The van der Waals surface area contributed by atoms with Crippen LogP contribution < -0.4 is 10.1 Å². The number of amides is 1. The number of rotatable bonds is 6. The molecule has 0 unspecified atom stereocenters. The first-order valence-corrected chi connectivity index (χ1v) is 9.20. The third-order valence-electron chi connectivity index (χ3n) is 4.44. The van der Waals surface area contributed by atoms with E-state index in [0.717, 1.165) is 49.5 Å². The molecule has 0 bridgehead atoms. The number of para-hydroxylation sites is 1. The number of nitrogens with one attached hydrogen (secondary N) is 1. The number of piperidine rings is 1. The highest BCUT2D eigenvalue weighted by Gasteiger charge is 2.23. The molecule has 0 spiro atoms. The monoisotopic (exact) mass is 345 g/mol. The van der Waals surface area contributed by atoms with Gasteiger partial charge in [-0.05, 0) is 18.9 Å². The average molecular weight is 345 g/mol. The van der Waals surface area contributed by atoms with Crippen LogP contribution in [0.2, 0.25) is 0 Å². The number of methoxy groups -OCH3 is 1. The molecule has 3 rings (SSSR count). The maximum atomic E-state index is 12.5. The van der Waals surface area contributed by atoms with Gasteiger partial charge < -0.3 is 15.0 Å². The maximum Gasteiger partial charge on any atom is 0.227 e. The van der Waals surface area contributed by atoms with Gasteiger partial charge in [-0.15, -0.1) is 11.3 Å². The molecular weight excluding hydrogens is 322 g/mol. The second kappa shape index (κ2) is 8.26. The molecular formula is C18H23N3O2S. The van der Waals surface area contributed by atoms with Gasteiger partial charge in [0, 0.05) is 36.6 Å². The van der Waals surface area contributed by atoms with Crippen LogP contribution in [0.1, 0.15) is 24.1 Å². The molecule has 1 amide bonds. The molecule has 128 valence electrons. The molecule has 0 radical (unpaired) electrons. The van der Waals surface area contributed by atoms with Gasteiger partial charge in [-0.2, -0.15) is 0 Å².